The predicted octanol–water partition coefficient (Wildman–Crippen LogP) is 3.70. The number of hydrogen-bond donors (Lipinski definition) is 2. The first-order valence-electron chi connectivity index (χ1n) is 9.43. The highest BCUT2D eigenvalue weighted by Gasteiger charge is 2.26. The number of rotatable bonds is 8. The van der Waals surface area contributed by atoms with Crippen LogP contribution in [-0.4, -0.2) is 30.7 Å². The zero-order chi connectivity index (χ0) is 21.5. The van der Waals surface area contributed by atoms with Crippen molar-refractivity contribution in [1.29, 1.82) is 0 Å². The third kappa shape index (κ3) is 6.37. The van der Waals surface area contributed by atoms with Crippen molar-refractivity contribution < 1.29 is 19.1 Å². The molecule has 2 N–H and O–H groups in total. The molecule has 0 saturated heterocycles. The smallest absolute Gasteiger partial charge is 0.329 e. The standard InChI is InChI=1S/C21H21Cl2N3O4/c1-2-29-19-10-13(11-24-26-21(28)20(27)25-15-5-6-15)4-8-18(19)30-12-14-3-7-16(22)17(23)9-14/h3-4,7-11,15H,2,5-6,12H2,1H3,(H,25,27)(H,26,28)/b24-11-. The van der Waals surface area contributed by atoms with E-state index in [0.29, 0.717) is 33.7 Å². The van der Waals surface area contributed by atoms with Crippen molar-refractivity contribution >= 4 is 41.2 Å². The van der Waals surface area contributed by atoms with Crippen LogP contribution in [0.3, 0.4) is 0 Å². The van der Waals surface area contributed by atoms with Gasteiger partial charge < -0.3 is 14.8 Å². The summed E-state index contributed by atoms with van der Waals surface area (Å²) in [4.78, 5) is 23.3. The van der Waals surface area contributed by atoms with Gasteiger partial charge in [0.2, 0.25) is 0 Å². The molecule has 0 aliphatic heterocycles. The maximum Gasteiger partial charge on any atom is 0.329 e. The van der Waals surface area contributed by atoms with Crippen LogP contribution in [0, 0.1) is 0 Å². The van der Waals surface area contributed by atoms with E-state index in [2.05, 4.69) is 15.8 Å². The molecule has 1 saturated carbocycles. The first-order valence-corrected chi connectivity index (χ1v) is 10.2. The Hall–Kier alpha value is -2.77. The molecule has 3 rings (SSSR count). The van der Waals surface area contributed by atoms with E-state index in [1.807, 2.05) is 13.0 Å². The average Bonchev–Trinajstić information content (AvgIpc) is 3.54. The van der Waals surface area contributed by atoms with Gasteiger partial charge in [0, 0.05) is 6.04 Å². The summed E-state index contributed by atoms with van der Waals surface area (Å²) in [5, 5.41) is 7.36. The van der Waals surface area contributed by atoms with Gasteiger partial charge >= 0.3 is 11.8 Å². The van der Waals surface area contributed by atoms with Gasteiger partial charge in [-0.1, -0.05) is 29.3 Å². The van der Waals surface area contributed by atoms with Crippen molar-refractivity contribution in [3.05, 3.63) is 57.6 Å². The van der Waals surface area contributed by atoms with E-state index in [4.69, 9.17) is 32.7 Å². The summed E-state index contributed by atoms with van der Waals surface area (Å²) in [6, 6.07) is 10.6. The fraction of sp³-hybridized carbons (Fsp3) is 0.286. The second-order valence-corrected chi connectivity index (χ2v) is 7.44. The number of carbonyl (C=O) groups is 2. The molecule has 0 bridgehead atoms. The first kappa shape index (κ1) is 21.9. The fourth-order valence-electron chi connectivity index (χ4n) is 2.48. The second-order valence-electron chi connectivity index (χ2n) is 6.62. The minimum absolute atomic E-state index is 0.109. The molecule has 158 valence electrons. The van der Waals surface area contributed by atoms with Gasteiger partial charge in [0.25, 0.3) is 0 Å². The third-order valence-electron chi connectivity index (χ3n) is 4.14. The Morgan fingerprint density at radius 1 is 1.07 bits per heavy atom. The van der Waals surface area contributed by atoms with Crippen molar-refractivity contribution in [2.24, 2.45) is 5.10 Å². The predicted molar refractivity (Wildman–Crippen MR) is 115 cm³/mol. The molecule has 2 aromatic carbocycles. The molecule has 0 heterocycles. The third-order valence-corrected chi connectivity index (χ3v) is 4.88. The molecule has 30 heavy (non-hydrogen) atoms. The molecule has 2 aromatic rings. The van der Waals surface area contributed by atoms with Crippen LogP contribution in [0.25, 0.3) is 0 Å². The van der Waals surface area contributed by atoms with E-state index >= 15 is 0 Å². The maximum absolute atomic E-state index is 11.7. The molecule has 0 radical (unpaired) electrons. The highest BCUT2D eigenvalue weighted by molar-refractivity contribution is 6.42. The number of ether oxygens (including phenoxy) is 2. The number of amides is 2. The van der Waals surface area contributed by atoms with Crippen LogP contribution >= 0.6 is 23.2 Å². The summed E-state index contributed by atoms with van der Waals surface area (Å²) in [6.45, 7) is 2.60. The molecule has 0 spiro atoms. The molecule has 1 aliphatic carbocycles. The lowest BCUT2D eigenvalue weighted by atomic mass is 10.2. The summed E-state index contributed by atoms with van der Waals surface area (Å²) in [5.74, 6) is -0.410. The molecule has 1 fully saturated rings. The van der Waals surface area contributed by atoms with Gasteiger partial charge in [-0.05, 0) is 61.2 Å². The van der Waals surface area contributed by atoms with Crippen molar-refractivity contribution in [2.45, 2.75) is 32.4 Å². The van der Waals surface area contributed by atoms with Gasteiger partial charge in [0.15, 0.2) is 11.5 Å². The largest absolute Gasteiger partial charge is 0.490 e. The van der Waals surface area contributed by atoms with Gasteiger partial charge in [-0.15, -0.1) is 0 Å². The van der Waals surface area contributed by atoms with E-state index < -0.39 is 11.8 Å². The SMILES string of the molecule is CCOc1cc(/C=N\NC(=O)C(=O)NC2CC2)ccc1OCc1ccc(Cl)c(Cl)c1. The number of nitrogens with zero attached hydrogens (tertiary/aromatic N) is 1. The van der Waals surface area contributed by atoms with E-state index in [0.717, 1.165) is 18.4 Å². The van der Waals surface area contributed by atoms with Crippen LogP contribution in [-0.2, 0) is 16.2 Å². The van der Waals surface area contributed by atoms with E-state index in [1.165, 1.54) is 6.21 Å². The molecule has 9 heteroatoms. The van der Waals surface area contributed by atoms with Gasteiger partial charge in [0.1, 0.15) is 6.61 Å². The fourth-order valence-corrected chi connectivity index (χ4v) is 2.80. The molecule has 0 aromatic heterocycles. The Morgan fingerprint density at radius 3 is 2.57 bits per heavy atom. The molecule has 1 aliphatic rings. The molecule has 0 unspecified atom stereocenters. The number of hydrazone groups is 1. The van der Waals surface area contributed by atoms with Crippen molar-refractivity contribution in [3.8, 4) is 11.5 Å². The number of nitrogens with one attached hydrogen (secondary N) is 2. The molecule has 7 nitrogen and oxygen atoms in total. The van der Waals surface area contributed by atoms with Gasteiger partial charge in [0.05, 0.1) is 22.9 Å². The molecular formula is C21H21Cl2N3O4. The summed E-state index contributed by atoms with van der Waals surface area (Å²) in [5.41, 5.74) is 3.74. The normalized spacial score (nSPS) is 13.2. The van der Waals surface area contributed by atoms with Gasteiger partial charge in [-0.2, -0.15) is 5.10 Å². The molecule has 2 amide bonds. The molecule has 0 atom stereocenters. The van der Waals surface area contributed by atoms with E-state index in [9.17, 15) is 9.59 Å². The highest BCUT2D eigenvalue weighted by Crippen LogP contribution is 2.30. The quantitative estimate of drug-likeness (QED) is 0.365. The topological polar surface area (TPSA) is 89.0 Å². The Morgan fingerprint density at radius 2 is 1.87 bits per heavy atom. The lowest BCUT2D eigenvalue weighted by molar-refractivity contribution is -0.139. The Balaban J connectivity index is 1.61. The minimum atomic E-state index is -0.801. The maximum atomic E-state index is 11.7. The van der Waals surface area contributed by atoms with Crippen LogP contribution in [0.5, 0.6) is 11.5 Å². The minimum Gasteiger partial charge on any atom is -0.490 e. The van der Waals surface area contributed by atoms with Crippen molar-refractivity contribution in [3.63, 3.8) is 0 Å². The van der Waals surface area contributed by atoms with Gasteiger partial charge in [-0.25, -0.2) is 5.43 Å². The van der Waals surface area contributed by atoms with Crippen LogP contribution in [0.1, 0.15) is 30.9 Å². The Bertz CT molecular complexity index is 961. The average molecular weight is 450 g/mol. The van der Waals surface area contributed by atoms with Crippen LogP contribution in [0.4, 0.5) is 0 Å². The van der Waals surface area contributed by atoms with E-state index in [1.54, 1.807) is 30.3 Å². The van der Waals surface area contributed by atoms with E-state index in [-0.39, 0.29) is 12.6 Å². The lowest BCUT2D eigenvalue weighted by Crippen LogP contribution is -2.38. The van der Waals surface area contributed by atoms with Crippen LogP contribution < -0.4 is 20.2 Å². The number of carbonyl (C=O) groups excluding carboxylic acids is 2. The van der Waals surface area contributed by atoms with Crippen LogP contribution in [0.2, 0.25) is 10.0 Å². The number of benzene rings is 2. The highest BCUT2D eigenvalue weighted by atomic mass is 35.5. The first-order chi connectivity index (χ1) is 14.5. The second kappa shape index (κ2) is 10.3. The monoisotopic (exact) mass is 449 g/mol. The molecular weight excluding hydrogens is 429 g/mol. The number of hydrogen-bond acceptors (Lipinski definition) is 5. The van der Waals surface area contributed by atoms with Crippen molar-refractivity contribution in [1.82, 2.24) is 10.7 Å². The number of halogens is 2. The zero-order valence-corrected chi connectivity index (χ0v) is 17.8. The lowest BCUT2D eigenvalue weighted by Gasteiger charge is -2.13. The Labute approximate surface area is 184 Å². The van der Waals surface area contributed by atoms with Crippen molar-refractivity contribution in [2.75, 3.05) is 6.61 Å². The summed E-state index contributed by atoms with van der Waals surface area (Å²) in [6.07, 6.45) is 3.23. The van der Waals surface area contributed by atoms with Gasteiger partial charge in [-0.3, -0.25) is 9.59 Å². The summed E-state index contributed by atoms with van der Waals surface area (Å²) < 4.78 is 11.5. The zero-order valence-electron chi connectivity index (χ0n) is 16.3. The summed E-state index contributed by atoms with van der Waals surface area (Å²) >= 11 is 12.0. The van der Waals surface area contributed by atoms with Crippen LogP contribution in [0.15, 0.2) is 41.5 Å². The Kier molecular flexibility index (Phi) is 7.54. The summed E-state index contributed by atoms with van der Waals surface area (Å²) in [7, 11) is 0.